The molecule has 0 aliphatic rings. The van der Waals surface area contributed by atoms with Crippen molar-refractivity contribution in [3.8, 4) is 11.5 Å². The third kappa shape index (κ3) is 10.9. The van der Waals surface area contributed by atoms with Gasteiger partial charge in [-0.3, -0.25) is 9.59 Å². The Hall–Kier alpha value is -3.71. The van der Waals surface area contributed by atoms with Gasteiger partial charge in [-0.2, -0.15) is 0 Å². The molecule has 0 unspecified atom stereocenters. The number of hydrogen-bond donors (Lipinski definition) is 3. The van der Waals surface area contributed by atoms with Gasteiger partial charge < -0.3 is 30.2 Å². The first-order valence-electron chi connectivity index (χ1n) is 15.4. The number of benzene rings is 4. The van der Waals surface area contributed by atoms with E-state index in [-0.39, 0.29) is 78.4 Å². The Kier molecular flexibility index (Phi) is 14.9. The molecule has 0 fully saturated rings. The summed E-state index contributed by atoms with van der Waals surface area (Å²) in [6, 6.07) is 10.9. The topological polar surface area (TPSA) is 115 Å². The first-order valence-corrected chi connectivity index (χ1v) is 17.6. The van der Waals surface area contributed by atoms with Crippen molar-refractivity contribution in [2.45, 2.75) is 33.5 Å². The number of anilines is 2. The second kappa shape index (κ2) is 18.9. The number of amides is 1. The number of hydrogen-bond acceptors (Lipinski definition) is 8. The molecule has 276 valence electrons. The van der Waals surface area contributed by atoms with Crippen LogP contribution in [-0.4, -0.2) is 37.5 Å². The number of carbonyl (C=O) groups is 3. The highest BCUT2D eigenvalue weighted by atomic mass is 35.5. The van der Waals surface area contributed by atoms with E-state index in [0.717, 1.165) is 0 Å². The highest BCUT2D eigenvalue weighted by molar-refractivity contribution is 6.38. The summed E-state index contributed by atoms with van der Waals surface area (Å²) in [5.74, 6) is -3.86. The minimum Gasteiger partial charge on any atom is -0.486 e. The minimum atomic E-state index is -1.06. The van der Waals surface area contributed by atoms with Crippen LogP contribution in [0.25, 0.3) is 0 Å². The van der Waals surface area contributed by atoms with Crippen LogP contribution < -0.4 is 25.4 Å². The third-order valence-corrected chi connectivity index (χ3v) is 8.55. The summed E-state index contributed by atoms with van der Waals surface area (Å²) < 4.78 is 45.7. The van der Waals surface area contributed by atoms with Crippen LogP contribution in [0.4, 0.5) is 20.2 Å². The van der Waals surface area contributed by atoms with E-state index in [1.165, 1.54) is 48.5 Å². The summed E-state index contributed by atoms with van der Waals surface area (Å²) in [6.45, 7) is 3.38. The summed E-state index contributed by atoms with van der Waals surface area (Å²) in [6.07, 6.45) is -0.406. The average Bonchev–Trinajstić information content (AvgIpc) is 3.06. The van der Waals surface area contributed by atoms with E-state index in [9.17, 15) is 23.2 Å². The first-order chi connectivity index (χ1) is 24.7. The van der Waals surface area contributed by atoms with Crippen molar-refractivity contribution in [2.24, 2.45) is 0 Å². The fraction of sp³-hybridized carbons (Fsp3) is 0.229. The molecule has 0 atom stereocenters. The Morgan fingerprint density at radius 3 is 1.52 bits per heavy atom. The lowest BCUT2D eigenvalue weighted by Gasteiger charge is -2.14. The van der Waals surface area contributed by atoms with Crippen molar-refractivity contribution >= 4 is 98.8 Å². The molecule has 52 heavy (non-hydrogen) atoms. The van der Waals surface area contributed by atoms with Gasteiger partial charge in [0.15, 0.2) is 23.1 Å². The fourth-order valence-corrected chi connectivity index (χ4v) is 6.46. The van der Waals surface area contributed by atoms with Crippen molar-refractivity contribution in [1.29, 1.82) is 0 Å². The molecule has 4 rings (SSSR count). The molecule has 0 heterocycles. The Labute approximate surface area is 327 Å². The highest BCUT2D eigenvalue weighted by Gasteiger charge is 2.20. The van der Waals surface area contributed by atoms with Crippen LogP contribution >= 0.6 is 69.6 Å². The SMILES string of the molecule is CCNc1cc(Cl)cc(COc2c(Cl)cc(CC(=O)OC(=O)CNC(=O)c3cc(Cl)c(OCc4cc(Cl)cc(NCC)c4F)c(Cl)c3)cc2Cl)c1F. The molecule has 9 nitrogen and oxygen atoms in total. The smallest absolute Gasteiger partial charge is 0.333 e. The maximum Gasteiger partial charge on any atom is 0.333 e. The van der Waals surface area contributed by atoms with Crippen LogP contribution in [0.2, 0.25) is 30.1 Å². The predicted octanol–water partition coefficient (Wildman–Crippen LogP) is 9.95. The first kappa shape index (κ1) is 41.1. The molecule has 0 aliphatic carbocycles. The minimum absolute atomic E-state index is 0.0115. The Morgan fingerprint density at radius 1 is 0.635 bits per heavy atom. The molecule has 17 heteroatoms. The Bertz CT molecular complexity index is 1960. The lowest BCUT2D eigenvalue weighted by atomic mass is 10.1. The number of nitrogens with one attached hydrogen (secondary N) is 3. The molecule has 0 bridgehead atoms. The fourth-order valence-electron chi connectivity index (χ4n) is 4.74. The quantitative estimate of drug-likeness (QED) is 0.0801. The highest BCUT2D eigenvalue weighted by Crippen LogP contribution is 2.37. The number of ether oxygens (including phenoxy) is 3. The van der Waals surface area contributed by atoms with Gasteiger partial charge in [-0.1, -0.05) is 69.6 Å². The largest absolute Gasteiger partial charge is 0.486 e. The van der Waals surface area contributed by atoms with Gasteiger partial charge in [-0.25, -0.2) is 13.6 Å². The van der Waals surface area contributed by atoms with Crippen molar-refractivity contribution < 1.29 is 37.4 Å². The van der Waals surface area contributed by atoms with E-state index >= 15 is 0 Å². The molecule has 4 aromatic carbocycles. The molecule has 0 spiro atoms. The molecule has 0 aromatic heterocycles. The van der Waals surface area contributed by atoms with Crippen LogP contribution in [-0.2, 0) is 34.0 Å². The van der Waals surface area contributed by atoms with E-state index in [1.807, 2.05) is 6.92 Å². The molecule has 0 saturated heterocycles. The number of halogens is 8. The average molecular weight is 838 g/mol. The van der Waals surface area contributed by atoms with Gasteiger partial charge in [0.05, 0.1) is 37.9 Å². The normalized spacial score (nSPS) is 10.8. The number of carbonyl (C=O) groups excluding carboxylic acids is 3. The number of esters is 2. The molecular weight excluding hydrogens is 809 g/mol. The van der Waals surface area contributed by atoms with Crippen molar-refractivity contribution in [3.05, 3.63) is 113 Å². The lowest BCUT2D eigenvalue weighted by molar-refractivity contribution is -0.158. The Balaban J connectivity index is 1.30. The molecule has 0 aliphatic heterocycles. The Morgan fingerprint density at radius 2 is 1.08 bits per heavy atom. The van der Waals surface area contributed by atoms with Gasteiger partial charge in [-0.15, -0.1) is 0 Å². The van der Waals surface area contributed by atoms with E-state index in [1.54, 1.807) is 6.92 Å². The van der Waals surface area contributed by atoms with E-state index in [0.29, 0.717) is 23.1 Å². The summed E-state index contributed by atoms with van der Waals surface area (Å²) in [7, 11) is 0. The summed E-state index contributed by atoms with van der Waals surface area (Å²) in [5, 5.41) is 8.56. The van der Waals surface area contributed by atoms with Gasteiger partial charge in [0, 0.05) is 39.8 Å². The van der Waals surface area contributed by atoms with E-state index in [2.05, 4.69) is 16.0 Å². The van der Waals surface area contributed by atoms with Crippen LogP contribution in [0, 0.1) is 11.6 Å². The van der Waals surface area contributed by atoms with E-state index < -0.39 is 42.4 Å². The lowest BCUT2D eigenvalue weighted by Crippen LogP contribution is -2.32. The van der Waals surface area contributed by atoms with E-state index in [4.69, 9.17) is 83.8 Å². The predicted molar refractivity (Wildman–Crippen MR) is 200 cm³/mol. The van der Waals surface area contributed by atoms with Gasteiger partial charge in [0.25, 0.3) is 5.91 Å². The molecular formula is C35H29Cl6F2N3O6. The van der Waals surface area contributed by atoms with Gasteiger partial charge in [-0.05, 0) is 67.9 Å². The van der Waals surface area contributed by atoms with Gasteiger partial charge in [0.2, 0.25) is 0 Å². The second-order valence-corrected chi connectivity index (χ2v) is 13.4. The molecule has 3 N–H and O–H groups in total. The summed E-state index contributed by atoms with van der Waals surface area (Å²) >= 11 is 37.5. The van der Waals surface area contributed by atoms with Crippen molar-refractivity contribution in [2.75, 3.05) is 30.3 Å². The van der Waals surface area contributed by atoms with Crippen LogP contribution in [0.1, 0.15) is 40.9 Å². The third-order valence-electron chi connectivity index (χ3n) is 6.99. The zero-order valence-corrected chi connectivity index (χ0v) is 31.9. The molecule has 0 saturated carbocycles. The maximum atomic E-state index is 14.8. The number of rotatable bonds is 15. The van der Waals surface area contributed by atoms with Crippen molar-refractivity contribution in [3.63, 3.8) is 0 Å². The monoisotopic (exact) mass is 835 g/mol. The van der Waals surface area contributed by atoms with Crippen molar-refractivity contribution in [1.82, 2.24) is 5.32 Å². The summed E-state index contributed by atoms with van der Waals surface area (Å²) in [5.41, 5.74) is 0.975. The molecule has 1 amide bonds. The van der Waals surface area contributed by atoms with Crippen LogP contribution in [0.5, 0.6) is 11.5 Å². The van der Waals surface area contributed by atoms with Gasteiger partial charge >= 0.3 is 11.9 Å². The molecule has 0 radical (unpaired) electrons. The van der Waals surface area contributed by atoms with Crippen LogP contribution in [0.3, 0.4) is 0 Å². The standard InChI is InChI=1S/C35H29Cl6F2N3O6/c1-3-44-27-12-21(36)8-19(31(27)42)15-50-33-23(38)5-17(6-24(33)39)7-29(47)52-30(48)14-46-35(49)18-10-25(40)34(26(41)11-18)51-16-20-9-22(37)13-28(32(20)43)45-4-2/h5-6,8-13,44-45H,3-4,7,14-16H2,1-2H3,(H,46,49). The maximum absolute atomic E-state index is 14.8. The zero-order chi connectivity index (χ0) is 38.1. The summed E-state index contributed by atoms with van der Waals surface area (Å²) in [4.78, 5) is 37.5. The zero-order valence-electron chi connectivity index (χ0n) is 27.3. The van der Waals surface area contributed by atoms with Gasteiger partial charge in [0.1, 0.15) is 19.8 Å². The van der Waals surface area contributed by atoms with Crippen LogP contribution in [0.15, 0.2) is 48.5 Å². The molecule has 4 aromatic rings. The second-order valence-electron chi connectivity index (χ2n) is 10.9.